The van der Waals surface area contributed by atoms with Gasteiger partial charge in [-0.15, -0.1) is 11.3 Å². The van der Waals surface area contributed by atoms with E-state index in [1.165, 1.54) is 11.8 Å². The van der Waals surface area contributed by atoms with E-state index in [2.05, 4.69) is 35.0 Å². The van der Waals surface area contributed by atoms with Crippen molar-refractivity contribution in [2.75, 3.05) is 0 Å². The minimum Gasteiger partial charge on any atom is -0.298 e. The number of hydrogen-bond donors (Lipinski definition) is 2. The smallest absolute Gasteiger partial charge is 0.163 e. The molecule has 2 heterocycles. The predicted molar refractivity (Wildman–Crippen MR) is 82.1 cm³/mol. The molecule has 4 nitrogen and oxygen atoms in total. The standard InChI is InChI=1S/C13H14N4S2/c1-9(13(14)17-15-8-19-13)11-7-18-12(16-11)10-5-3-2-4-6-10/h2-9,17H,14H2,1H3. The van der Waals surface area contributed by atoms with Crippen molar-refractivity contribution in [3.63, 3.8) is 0 Å². The van der Waals surface area contributed by atoms with E-state index in [9.17, 15) is 0 Å². The Balaban J connectivity index is 1.86. The Morgan fingerprint density at radius 1 is 1.32 bits per heavy atom. The molecule has 1 aromatic heterocycles. The topological polar surface area (TPSA) is 63.3 Å². The van der Waals surface area contributed by atoms with Gasteiger partial charge >= 0.3 is 0 Å². The molecule has 3 N–H and O–H groups in total. The fourth-order valence-electron chi connectivity index (χ4n) is 1.88. The maximum atomic E-state index is 6.27. The number of nitrogens with zero attached hydrogens (tertiary/aromatic N) is 2. The molecule has 0 amide bonds. The number of benzene rings is 1. The third-order valence-corrected chi connectivity index (χ3v) is 5.12. The van der Waals surface area contributed by atoms with Crippen molar-refractivity contribution in [3.05, 3.63) is 41.4 Å². The summed E-state index contributed by atoms with van der Waals surface area (Å²) >= 11 is 3.14. The van der Waals surface area contributed by atoms with Gasteiger partial charge in [0.15, 0.2) is 4.99 Å². The van der Waals surface area contributed by atoms with Gasteiger partial charge in [0.05, 0.1) is 11.2 Å². The Kier molecular flexibility index (Phi) is 3.30. The Hall–Kier alpha value is -1.37. The molecule has 1 aliphatic rings. The van der Waals surface area contributed by atoms with E-state index in [-0.39, 0.29) is 5.92 Å². The van der Waals surface area contributed by atoms with Crippen LogP contribution < -0.4 is 11.2 Å². The van der Waals surface area contributed by atoms with Gasteiger partial charge in [-0.2, -0.15) is 5.10 Å². The summed E-state index contributed by atoms with van der Waals surface area (Å²) in [6.07, 6.45) is 0. The number of hydrazone groups is 1. The molecule has 2 atom stereocenters. The van der Waals surface area contributed by atoms with Crippen molar-refractivity contribution in [3.8, 4) is 10.6 Å². The van der Waals surface area contributed by atoms with Crippen molar-refractivity contribution >= 4 is 28.6 Å². The van der Waals surface area contributed by atoms with Gasteiger partial charge in [0.25, 0.3) is 0 Å². The van der Waals surface area contributed by atoms with Crippen LogP contribution in [0.5, 0.6) is 0 Å². The summed E-state index contributed by atoms with van der Waals surface area (Å²) in [5, 5.41) is 7.08. The monoisotopic (exact) mass is 290 g/mol. The SMILES string of the molecule is CC(c1csc(-c2ccccc2)n1)C1(N)NN=CS1. The zero-order chi connectivity index (χ0) is 13.3. The van der Waals surface area contributed by atoms with Gasteiger partial charge in [0.1, 0.15) is 5.01 Å². The molecule has 0 bridgehead atoms. The number of nitrogens with two attached hydrogens (primary N) is 1. The molecule has 0 spiro atoms. The third kappa shape index (κ3) is 2.39. The molecule has 0 saturated heterocycles. The molecular formula is C13H14N4S2. The molecule has 0 aliphatic carbocycles. The lowest BCUT2D eigenvalue weighted by molar-refractivity contribution is 0.434. The lowest BCUT2D eigenvalue weighted by atomic mass is 10.1. The average molecular weight is 290 g/mol. The maximum Gasteiger partial charge on any atom is 0.163 e. The molecule has 6 heteroatoms. The second-order valence-corrected chi connectivity index (χ2v) is 6.40. The summed E-state index contributed by atoms with van der Waals surface area (Å²) in [4.78, 5) is 4.10. The number of rotatable bonds is 3. The van der Waals surface area contributed by atoms with Gasteiger partial charge < -0.3 is 0 Å². The van der Waals surface area contributed by atoms with Crippen LogP contribution in [0.2, 0.25) is 0 Å². The summed E-state index contributed by atoms with van der Waals surface area (Å²) in [5.41, 5.74) is 13.1. The van der Waals surface area contributed by atoms with Crippen LogP contribution in [0.15, 0.2) is 40.8 Å². The Labute approximate surface area is 120 Å². The molecule has 2 unspecified atom stereocenters. The van der Waals surface area contributed by atoms with Gasteiger partial charge in [-0.3, -0.25) is 11.2 Å². The highest BCUT2D eigenvalue weighted by Gasteiger charge is 2.37. The Morgan fingerprint density at radius 2 is 2.11 bits per heavy atom. The third-order valence-electron chi connectivity index (χ3n) is 3.17. The zero-order valence-electron chi connectivity index (χ0n) is 10.4. The Morgan fingerprint density at radius 3 is 2.79 bits per heavy atom. The maximum absolute atomic E-state index is 6.27. The molecule has 1 aromatic carbocycles. The van der Waals surface area contributed by atoms with Crippen LogP contribution in [0.1, 0.15) is 18.5 Å². The normalized spacial score (nSPS) is 23.3. The summed E-state index contributed by atoms with van der Waals surface area (Å²) in [6.45, 7) is 2.07. The fraction of sp³-hybridized carbons (Fsp3) is 0.231. The van der Waals surface area contributed by atoms with Crippen molar-refractivity contribution in [2.45, 2.75) is 17.8 Å². The van der Waals surface area contributed by atoms with Crippen LogP contribution in [-0.4, -0.2) is 15.5 Å². The first-order chi connectivity index (χ1) is 9.19. The zero-order valence-corrected chi connectivity index (χ0v) is 12.0. The number of thioether (sulfide) groups is 1. The molecule has 3 rings (SSSR count). The summed E-state index contributed by atoms with van der Waals surface area (Å²) < 4.78 is 0. The summed E-state index contributed by atoms with van der Waals surface area (Å²) in [6, 6.07) is 10.2. The molecule has 0 radical (unpaired) electrons. The van der Waals surface area contributed by atoms with Gasteiger partial charge in [-0.25, -0.2) is 4.98 Å². The molecule has 0 saturated carbocycles. The number of thiazole rings is 1. The minimum absolute atomic E-state index is 0.0775. The van der Waals surface area contributed by atoms with Crippen molar-refractivity contribution in [2.24, 2.45) is 10.8 Å². The average Bonchev–Trinajstić information content (AvgIpc) is 3.09. The van der Waals surface area contributed by atoms with Gasteiger partial charge in [0, 0.05) is 16.9 Å². The molecule has 98 valence electrons. The van der Waals surface area contributed by atoms with Crippen molar-refractivity contribution < 1.29 is 0 Å². The van der Waals surface area contributed by atoms with Crippen LogP contribution in [0.4, 0.5) is 0 Å². The largest absolute Gasteiger partial charge is 0.298 e. The minimum atomic E-state index is -0.595. The first kappa shape index (κ1) is 12.7. The van der Waals surface area contributed by atoms with E-state index in [1.807, 2.05) is 18.2 Å². The second-order valence-electron chi connectivity index (χ2n) is 4.42. The van der Waals surface area contributed by atoms with Crippen LogP contribution in [-0.2, 0) is 0 Å². The van der Waals surface area contributed by atoms with E-state index in [0.717, 1.165) is 16.3 Å². The first-order valence-corrected chi connectivity index (χ1v) is 7.71. The summed E-state index contributed by atoms with van der Waals surface area (Å²) in [5.74, 6) is 0.0775. The van der Waals surface area contributed by atoms with Crippen molar-refractivity contribution in [1.82, 2.24) is 10.4 Å². The highest BCUT2D eigenvalue weighted by atomic mass is 32.2. The lowest BCUT2D eigenvalue weighted by Gasteiger charge is -2.28. The molecular weight excluding hydrogens is 276 g/mol. The highest BCUT2D eigenvalue weighted by molar-refractivity contribution is 8.13. The van der Waals surface area contributed by atoms with Crippen LogP contribution in [0.3, 0.4) is 0 Å². The predicted octanol–water partition coefficient (Wildman–Crippen LogP) is 2.81. The number of hydrogen-bond acceptors (Lipinski definition) is 6. The van der Waals surface area contributed by atoms with Gasteiger partial charge in [-0.1, -0.05) is 49.0 Å². The quantitative estimate of drug-likeness (QED) is 0.912. The van der Waals surface area contributed by atoms with Crippen LogP contribution in [0, 0.1) is 0 Å². The summed E-state index contributed by atoms with van der Waals surface area (Å²) in [7, 11) is 0. The number of aromatic nitrogens is 1. The van der Waals surface area contributed by atoms with E-state index in [0.29, 0.717) is 0 Å². The van der Waals surface area contributed by atoms with Crippen LogP contribution >= 0.6 is 23.1 Å². The molecule has 19 heavy (non-hydrogen) atoms. The van der Waals surface area contributed by atoms with E-state index in [4.69, 9.17) is 10.7 Å². The second kappa shape index (κ2) is 4.96. The van der Waals surface area contributed by atoms with E-state index >= 15 is 0 Å². The van der Waals surface area contributed by atoms with Crippen molar-refractivity contribution in [1.29, 1.82) is 0 Å². The fourth-order valence-corrected chi connectivity index (χ4v) is 3.51. The van der Waals surface area contributed by atoms with E-state index in [1.54, 1.807) is 16.9 Å². The molecule has 1 aliphatic heterocycles. The molecule has 0 fully saturated rings. The first-order valence-electron chi connectivity index (χ1n) is 5.95. The Bertz CT molecular complexity index is 586. The lowest BCUT2D eigenvalue weighted by Crippen LogP contribution is -2.49. The number of nitrogens with one attached hydrogen (secondary N) is 1. The highest BCUT2D eigenvalue weighted by Crippen LogP contribution is 2.36. The van der Waals surface area contributed by atoms with E-state index < -0.39 is 4.99 Å². The molecule has 2 aromatic rings. The van der Waals surface area contributed by atoms with Crippen LogP contribution in [0.25, 0.3) is 10.6 Å². The van der Waals surface area contributed by atoms with Gasteiger partial charge in [-0.05, 0) is 0 Å². The van der Waals surface area contributed by atoms with Gasteiger partial charge in [0.2, 0.25) is 0 Å².